The van der Waals surface area contributed by atoms with Crippen molar-refractivity contribution in [3.8, 4) is 28.7 Å². The van der Waals surface area contributed by atoms with Crippen LogP contribution in [-0.4, -0.2) is 14.5 Å². The Morgan fingerprint density at radius 3 is 2.43 bits per heavy atom. The lowest BCUT2D eigenvalue weighted by molar-refractivity contribution is 0.487. The quantitative estimate of drug-likeness (QED) is 0.200. The number of hydrogen-bond acceptors (Lipinski definition) is 3. The van der Waals surface area contributed by atoms with Gasteiger partial charge in [0.05, 0.1) is 27.6 Å². The number of ether oxygens (including phenoxy) is 1. The van der Waals surface area contributed by atoms with E-state index in [2.05, 4.69) is 108 Å². The van der Waals surface area contributed by atoms with E-state index < -0.39 is 0 Å². The van der Waals surface area contributed by atoms with Gasteiger partial charge in [-0.2, -0.15) is 0 Å². The summed E-state index contributed by atoms with van der Waals surface area (Å²) < 4.78 is 8.76. The molecule has 44 heavy (non-hydrogen) atoms. The average molecular weight is 562 g/mol. The maximum absolute atomic E-state index is 6.47. The lowest BCUT2D eigenvalue weighted by Gasteiger charge is -2.22. The van der Waals surface area contributed by atoms with Gasteiger partial charge in [0.1, 0.15) is 11.5 Å². The molecular formula is C40H23N3O. The molecule has 2 aliphatic carbocycles. The number of hydrogen-bond donors (Lipinski definition) is 0. The molecular weight excluding hydrogens is 538 g/mol. The predicted octanol–water partition coefficient (Wildman–Crippen LogP) is 10.4. The van der Waals surface area contributed by atoms with Crippen molar-refractivity contribution in [2.24, 2.45) is 0 Å². The summed E-state index contributed by atoms with van der Waals surface area (Å²) in [4.78, 5) is 10.7. The van der Waals surface area contributed by atoms with Gasteiger partial charge in [0.2, 0.25) is 5.95 Å². The van der Waals surface area contributed by atoms with Crippen molar-refractivity contribution in [1.29, 1.82) is 0 Å². The van der Waals surface area contributed by atoms with Crippen molar-refractivity contribution in [3.05, 3.63) is 126 Å². The van der Waals surface area contributed by atoms with Crippen molar-refractivity contribution in [1.82, 2.24) is 14.5 Å². The number of allylic oxidation sites excluding steroid dienone is 4. The molecule has 3 aliphatic rings. The van der Waals surface area contributed by atoms with E-state index in [4.69, 9.17) is 14.7 Å². The third-order valence-electron chi connectivity index (χ3n) is 9.77. The van der Waals surface area contributed by atoms with Crippen LogP contribution in [0, 0.1) is 0 Å². The lowest BCUT2D eigenvalue weighted by Crippen LogP contribution is -2.07. The first-order valence-corrected chi connectivity index (χ1v) is 15.2. The zero-order valence-corrected chi connectivity index (χ0v) is 23.6. The summed E-state index contributed by atoms with van der Waals surface area (Å²) in [6.07, 6.45) is 6.82. The molecule has 0 spiro atoms. The van der Waals surface area contributed by atoms with E-state index in [1.54, 1.807) is 0 Å². The molecule has 0 amide bonds. The molecule has 11 rings (SSSR count). The summed E-state index contributed by atoms with van der Waals surface area (Å²) in [5.74, 6) is 2.29. The zero-order valence-electron chi connectivity index (χ0n) is 23.6. The third kappa shape index (κ3) is 2.78. The molecule has 8 aromatic rings. The molecule has 6 aromatic carbocycles. The van der Waals surface area contributed by atoms with Gasteiger partial charge in [-0.25, -0.2) is 9.97 Å². The van der Waals surface area contributed by atoms with Crippen molar-refractivity contribution in [3.63, 3.8) is 0 Å². The van der Waals surface area contributed by atoms with Crippen LogP contribution in [0.2, 0.25) is 0 Å². The van der Waals surface area contributed by atoms with Crippen LogP contribution in [0.15, 0.2) is 115 Å². The van der Waals surface area contributed by atoms with Crippen LogP contribution in [0.5, 0.6) is 11.5 Å². The van der Waals surface area contributed by atoms with Crippen LogP contribution in [-0.2, 0) is 0 Å². The van der Waals surface area contributed by atoms with Crippen LogP contribution < -0.4 is 4.74 Å². The summed E-state index contributed by atoms with van der Waals surface area (Å²) in [6, 6.07) is 36.7. The minimum Gasteiger partial charge on any atom is -0.456 e. The van der Waals surface area contributed by atoms with Crippen LogP contribution in [0.3, 0.4) is 0 Å². The first-order valence-electron chi connectivity index (χ1n) is 15.2. The molecule has 0 atom stereocenters. The molecule has 0 saturated heterocycles. The smallest absolute Gasteiger partial charge is 0.235 e. The Balaban J connectivity index is 1.28. The highest BCUT2D eigenvalue weighted by atomic mass is 16.5. The maximum atomic E-state index is 6.47. The first-order chi connectivity index (χ1) is 21.8. The van der Waals surface area contributed by atoms with E-state index in [1.165, 1.54) is 43.8 Å². The van der Waals surface area contributed by atoms with Gasteiger partial charge in [-0.05, 0) is 87.7 Å². The Kier molecular flexibility index (Phi) is 4.15. The topological polar surface area (TPSA) is 39.9 Å². The summed E-state index contributed by atoms with van der Waals surface area (Å²) in [6.45, 7) is 0. The van der Waals surface area contributed by atoms with Crippen LogP contribution >= 0.6 is 0 Å². The molecule has 4 heteroatoms. The highest BCUT2D eigenvalue weighted by Gasteiger charge is 2.29. The van der Waals surface area contributed by atoms with E-state index >= 15 is 0 Å². The number of benzene rings is 6. The summed E-state index contributed by atoms with van der Waals surface area (Å²) in [7, 11) is 0. The van der Waals surface area contributed by atoms with Gasteiger partial charge in [-0.15, -0.1) is 0 Å². The van der Waals surface area contributed by atoms with Crippen molar-refractivity contribution in [2.75, 3.05) is 0 Å². The SMILES string of the molecule is C1=CC2=C(CC1)c1cccc3c1c2cc1c2ccccc2n(-c2nc4c5c(cccc5n2)Oc2cc5ccccc5cc2-4)c31. The fourth-order valence-corrected chi connectivity index (χ4v) is 7.93. The first kappa shape index (κ1) is 22.8. The number of nitrogens with zero attached hydrogens (tertiary/aromatic N) is 3. The Labute approximate surface area is 252 Å². The fourth-order valence-electron chi connectivity index (χ4n) is 7.93. The molecule has 0 unspecified atom stereocenters. The van der Waals surface area contributed by atoms with Crippen LogP contribution in [0.1, 0.15) is 24.0 Å². The van der Waals surface area contributed by atoms with Gasteiger partial charge in [-0.1, -0.05) is 78.9 Å². The van der Waals surface area contributed by atoms with Gasteiger partial charge in [0, 0.05) is 21.7 Å². The van der Waals surface area contributed by atoms with E-state index in [9.17, 15) is 0 Å². The normalized spacial score (nSPS) is 14.6. The summed E-state index contributed by atoms with van der Waals surface area (Å²) >= 11 is 0. The highest BCUT2D eigenvalue weighted by Crippen LogP contribution is 2.51. The number of para-hydroxylation sites is 1. The summed E-state index contributed by atoms with van der Waals surface area (Å²) in [5.41, 5.74) is 10.6. The van der Waals surface area contributed by atoms with Crippen LogP contribution in [0.4, 0.5) is 0 Å². The Morgan fingerprint density at radius 1 is 0.636 bits per heavy atom. The monoisotopic (exact) mass is 561 g/mol. The molecule has 204 valence electrons. The van der Waals surface area contributed by atoms with Crippen molar-refractivity contribution < 1.29 is 4.74 Å². The van der Waals surface area contributed by atoms with Gasteiger partial charge in [-0.3, -0.25) is 4.57 Å². The van der Waals surface area contributed by atoms with Crippen molar-refractivity contribution in [2.45, 2.75) is 12.8 Å². The highest BCUT2D eigenvalue weighted by molar-refractivity contribution is 6.27. The Hall–Kier alpha value is -5.74. The molecule has 2 aromatic heterocycles. The number of aromatic nitrogens is 3. The largest absolute Gasteiger partial charge is 0.456 e. The lowest BCUT2D eigenvalue weighted by atomic mass is 9.95. The molecule has 0 radical (unpaired) electrons. The minimum absolute atomic E-state index is 0.674. The third-order valence-corrected chi connectivity index (χ3v) is 9.77. The second-order valence-electron chi connectivity index (χ2n) is 12.1. The molecule has 3 heterocycles. The predicted molar refractivity (Wildman–Crippen MR) is 180 cm³/mol. The van der Waals surface area contributed by atoms with Crippen LogP contribution in [0.25, 0.3) is 82.6 Å². The zero-order chi connectivity index (χ0) is 28.5. The van der Waals surface area contributed by atoms with E-state index in [1.807, 2.05) is 12.1 Å². The molecule has 0 N–H and O–H groups in total. The summed E-state index contributed by atoms with van der Waals surface area (Å²) in [5, 5.41) is 8.29. The number of fused-ring (bicyclic) bond motifs is 9. The van der Waals surface area contributed by atoms with E-state index in [-0.39, 0.29) is 0 Å². The van der Waals surface area contributed by atoms with E-state index in [0.29, 0.717) is 5.95 Å². The van der Waals surface area contributed by atoms with Gasteiger partial charge >= 0.3 is 0 Å². The minimum atomic E-state index is 0.674. The molecule has 0 fully saturated rings. The maximum Gasteiger partial charge on any atom is 0.235 e. The standard InChI is InChI=1S/C40H23N3O/c1-2-10-23-20-35-31(19-22(23)9-1)38-37-32(16-8-18-34(37)44-35)41-40(42-38)43-33-17-6-5-13-26(33)30-21-29-25-12-4-3-11-24(25)27-14-7-15-28(36(27)29)39(30)43/h1-2,4-10,12-21H,3,11H2. The number of rotatable bonds is 1. The molecule has 0 bridgehead atoms. The van der Waals surface area contributed by atoms with E-state index in [0.717, 1.165) is 68.3 Å². The Morgan fingerprint density at radius 2 is 1.48 bits per heavy atom. The molecule has 4 nitrogen and oxygen atoms in total. The molecule has 1 aliphatic heterocycles. The fraction of sp³-hybridized carbons (Fsp3) is 0.0500. The van der Waals surface area contributed by atoms with Gasteiger partial charge in [0.15, 0.2) is 0 Å². The molecule has 0 saturated carbocycles. The second kappa shape index (κ2) is 8.00. The van der Waals surface area contributed by atoms with Gasteiger partial charge < -0.3 is 4.74 Å². The van der Waals surface area contributed by atoms with Gasteiger partial charge in [0.25, 0.3) is 0 Å². The average Bonchev–Trinajstić information content (AvgIpc) is 3.58. The second-order valence-corrected chi connectivity index (χ2v) is 12.1. The van der Waals surface area contributed by atoms with Crippen molar-refractivity contribution >= 4 is 65.4 Å². The Bertz CT molecular complexity index is 2690.